The van der Waals surface area contributed by atoms with Gasteiger partial charge in [-0.15, -0.1) is 0 Å². The molecule has 0 bridgehead atoms. The van der Waals surface area contributed by atoms with Gasteiger partial charge in [0.05, 0.1) is 24.2 Å². The van der Waals surface area contributed by atoms with Crippen LogP contribution in [0.5, 0.6) is 34.5 Å². The molecule has 0 amide bonds. The standard InChI is InChI=1S/C30H26N3O5P.C16H14N3O5P/c1-33-29-17-16-26(18-27(29)28(19-31)30(33)32)37-24-12-14-25(15-13-24)38-39(34,35-20-22-8-4-2-5-9-22)36-21-23-10-6-3-7-11-23;1-19-15-7-6-12(8-13(15)14(9-17)16(19)18)23-10-2-4-11(5-3-10)24-25(20,21)22/h2-18H,20-21,32H2,1H3;2-8H,18H2,1H3,(H2,20,21,22). The average molecular weight is 899 g/mol. The quantitative estimate of drug-likeness (QED) is 0.0743. The molecule has 0 spiro atoms. The highest BCUT2D eigenvalue weighted by Gasteiger charge is 2.29. The van der Waals surface area contributed by atoms with Crippen LogP contribution in [0.15, 0.2) is 146 Å². The van der Waals surface area contributed by atoms with Crippen LogP contribution in [0.4, 0.5) is 11.6 Å². The van der Waals surface area contributed by atoms with Crippen molar-refractivity contribution in [3.8, 4) is 46.6 Å². The first-order valence-electron chi connectivity index (χ1n) is 19.3. The minimum Gasteiger partial charge on any atom is -0.457 e. The Morgan fingerprint density at radius 2 is 0.891 bits per heavy atom. The monoisotopic (exact) mass is 898 g/mol. The molecule has 8 rings (SSSR count). The molecule has 0 radical (unpaired) electrons. The van der Waals surface area contributed by atoms with Gasteiger partial charge in [-0.1, -0.05) is 60.7 Å². The zero-order chi connectivity index (χ0) is 45.4. The number of anilines is 2. The second-order valence-corrected chi connectivity index (χ2v) is 16.8. The van der Waals surface area contributed by atoms with Crippen LogP contribution >= 0.6 is 15.6 Å². The molecule has 0 saturated heterocycles. The minimum absolute atomic E-state index is 0.0266. The molecule has 0 aliphatic carbocycles. The summed E-state index contributed by atoms with van der Waals surface area (Å²) in [6.07, 6.45) is 0. The molecule has 18 heteroatoms. The Hall–Kier alpha value is -7.52. The third-order valence-electron chi connectivity index (χ3n) is 9.68. The maximum atomic E-state index is 13.6. The average Bonchev–Trinajstić information content (AvgIpc) is 3.68. The summed E-state index contributed by atoms with van der Waals surface area (Å²) < 4.78 is 61.2. The lowest BCUT2D eigenvalue weighted by atomic mass is 10.1. The Morgan fingerprint density at radius 3 is 1.27 bits per heavy atom. The molecule has 2 aromatic heterocycles. The highest BCUT2D eigenvalue weighted by Crippen LogP contribution is 2.51. The van der Waals surface area contributed by atoms with Gasteiger partial charge >= 0.3 is 15.6 Å². The van der Waals surface area contributed by atoms with E-state index in [9.17, 15) is 19.7 Å². The van der Waals surface area contributed by atoms with E-state index in [1.54, 1.807) is 70.8 Å². The highest BCUT2D eigenvalue weighted by atomic mass is 31.2. The number of nitrogens with zero attached hydrogens (tertiary/aromatic N) is 4. The van der Waals surface area contributed by atoms with Crippen LogP contribution in [-0.4, -0.2) is 18.9 Å². The van der Waals surface area contributed by atoms with E-state index in [1.807, 2.05) is 73.8 Å². The van der Waals surface area contributed by atoms with Gasteiger partial charge in [-0.25, -0.2) is 9.13 Å². The van der Waals surface area contributed by atoms with Crippen LogP contribution in [0.2, 0.25) is 0 Å². The Bertz CT molecular complexity index is 3060. The summed E-state index contributed by atoms with van der Waals surface area (Å²) in [4.78, 5) is 17.5. The molecule has 0 aliphatic rings. The van der Waals surface area contributed by atoms with Gasteiger partial charge in [-0.3, -0.25) is 18.8 Å². The first-order chi connectivity index (χ1) is 30.7. The van der Waals surface area contributed by atoms with Gasteiger partial charge in [0, 0.05) is 24.9 Å². The molecule has 6 N–H and O–H groups in total. The molecule has 8 aromatic rings. The van der Waals surface area contributed by atoms with Crippen LogP contribution in [0.3, 0.4) is 0 Å². The van der Waals surface area contributed by atoms with Gasteiger partial charge in [-0.2, -0.15) is 10.5 Å². The molecular formula is C46H40N6O10P2. The number of phosphoric ester groups is 2. The molecule has 0 aliphatic heterocycles. The number of phosphoric acid groups is 2. The number of ether oxygens (including phenoxy) is 2. The van der Waals surface area contributed by atoms with Crippen molar-refractivity contribution in [3.05, 3.63) is 168 Å². The summed E-state index contributed by atoms with van der Waals surface area (Å²) in [5, 5.41) is 20.2. The number of aromatic nitrogens is 2. The van der Waals surface area contributed by atoms with Crippen molar-refractivity contribution in [1.29, 1.82) is 10.5 Å². The zero-order valence-electron chi connectivity index (χ0n) is 34.3. The van der Waals surface area contributed by atoms with E-state index >= 15 is 0 Å². The molecule has 324 valence electrons. The molecule has 0 atom stereocenters. The normalized spacial score (nSPS) is 11.3. The number of fused-ring (bicyclic) bond motifs is 2. The van der Waals surface area contributed by atoms with Crippen molar-refractivity contribution < 1.29 is 46.5 Å². The molecular weight excluding hydrogens is 858 g/mol. The third-order valence-corrected chi connectivity index (χ3v) is 11.5. The largest absolute Gasteiger partial charge is 0.530 e. The van der Waals surface area contributed by atoms with E-state index in [2.05, 4.69) is 16.7 Å². The summed E-state index contributed by atoms with van der Waals surface area (Å²) in [7, 11) is -4.99. The lowest BCUT2D eigenvalue weighted by Gasteiger charge is -2.19. The number of benzene rings is 6. The Morgan fingerprint density at radius 1 is 0.531 bits per heavy atom. The smallest absolute Gasteiger partial charge is 0.457 e. The third kappa shape index (κ3) is 10.7. The van der Waals surface area contributed by atoms with Crippen LogP contribution in [-0.2, 0) is 45.5 Å². The summed E-state index contributed by atoms with van der Waals surface area (Å²) in [5.74, 6) is 3.12. The van der Waals surface area contributed by atoms with Crippen molar-refractivity contribution in [2.45, 2.75) is 13.2 Å². The molecule has 0 unspecified atom stereocenters. The fraction of sp³-hybridized carbons (Fsp3) is 0.0870. The highest BCUT2D eigenvalue weighted by molar-refractivity contribution is 7.48. The van der Waals surface area contributed by atoms with Gasteiger partial charge in [-0.05, 0) is 96.1 Å². The van der Waals surface area contributed by atoms with E-state index in [0.29, 0.717) is 62.3 Å². The van der Waals surface area contributed by atoms with E-state index in [-0.39, 0.29) is 19.0 Å². The predicted molar refractivity (Wildman–Crippen MR) is 240 cm³/mol. The summed E-state index contributed by atoms with van der Waals surface area (Å²) in [6.45, 7) is 0.122. The molecule has 6 aromatic carbocycles. The second-order valence-electron chi connectivity index (χ2n) is 14.0. The minimum atomic E-state index is -4.59. The van der Waals surface area contributed by atoms with Gasteiger partial charge in [0.15, 0.2) is 0 Å². The number of hydrogen-bond donors (Lipinski definition) is 4. The predicted octanol–water partition coefficient (Wildman–Crippen LogP) is 10.2. The van der Waals surface area contributed by atoms with Gasteiger partial charge in [0.1, 0.15) is 69.4 Å². The van der Waals surface area contributed by atoms with E-state index < -0.39 is 15.6 Å². The molecule has 64 heavy (non-hydrogen) atoms. The van der Waals surface area contributed by atoms with E-state index in [4.69, 9.17) is 44.3 Å². The van der Waals surface area contributed by atoms with Crippen molar-refractivity contribution >= 4 is 49.1 Å². The number of hydrogen-bond acceptors (Lipinski definition) is 12. The summed E-state index contributed by atoms with van der Waals surface area (Å²) >= 11 is 0. The van der Waals surface area contributed by atoms with Crippen LogP contribution in [0, 0.1) is 22.7 Å². The van der Waals surface area contributed by atoms with Crippen LogP contribution in [0.25, 0.3) is 21.8 Å². The maximum Gasteiger partial charge on any atom is 0.530 e. The van der Waals surface area contributed by atoms with Gasteiger partial charge in [0.2, 0.25) is 0 Å². The number of nitrogen functional groups attached to an aromatic ring is 2. The van der Waals surface area contributed by atoms with Crippen molar-refractivity contribution in [2.75, 3.05) is 11.5 Å². The lowest BCUT2D eigenvalue weighted by Crippen LogP contribution is -2.03. The topological polar surface area (TPSA) is 239 Å². The Kier molecular flexibility index (Phi) is 13.4. The van der Waals surface area contributed by atoms with Gasteiger partial charge < -0.3 is 39.1 Å². The van der Waals surface area contributed by atoms with Crippen molar-refractivity contribution in [1.82, 2.24) is 9.13 Å². The molecule has 2 heterocycles. The first kappa shape index (κ1) is 44.5. The van der Waals surface area contributed by atoms with Crippen molar-refractivity contribution in [3.63, 3.8) is 0 Å². The molecule has 0 saturated carbocycles. The van der Waals surface area contributed by atoms with Crippen LogP contribution < -0.4 is 30.0 Å². The zero-order valence-corrected chi connectivity index (χ0v) is 36.1. The van der Waals surface area contributed by atoms with E-state index in [0.717, 1.165) is 22.2 Å². The number of nitrogens with two attached hydrogens (primary N) is 2. The Balaban J connectivity index is 0.000000211. The maximum absolute atomic E-state index is 13.6. The first-order valence-corrected chi connectivity index (χ1v) is 22.2. The number of aryl methyl sites for hydroxylation is 2. The SMILES string of the molecule is Cn1c(N)c(C#N)c2cc(Oc3ccc(OP(=O)(O)O)cc3)ccc21.Cn1c(N)c(C#N)c2cc(Oc3ccc(OP(=O)(OCc4ccccc4)OCc4ccccc4)cc3)ccc21. The number of nitriles is 2. The second kappa shape index (κ2) is 19.3. The van der Waals surface area contributed by atoms with Crippen LogP contribution in [0.1, 0.15) is 22.3 Å². The summed E-state index contributed by atoms with van der Waals surface area (Å²) in [5.41, 5.74) is 16.1. The van der Waals surface area contributed by atoms with Crippen molar-refractivity contribution in [2.24, 2.45) is 14.1 Å². The Labute approximate surface area is 367 Å². The fourth-order valence-electron chi connectivity index (χ4n) is 6.47. The molecule has 0 fully saturated rings. The van der Waals surface area contributed by atoms with Gasteiger partial charge in [0.25, 0.3) is 0 Å². The lowest BCUT2D eigenvalue weighted by molar-refractivity contribution is 0.143. The summed E-state index contributed by atoms with van der Waals surface area (Å²) in [6, 6.07) is 46.1. The van der Waals surface area contributed by atoms with E-state index in [1.165, 1.54) is 24.3 Å². The molecule has 16 nitrogen and oxygen atoms in total. The number of rotatable bonds is 14. The fourth-order valence-corrected chi connectivity index (χ4v) is 8.04.